The summed E-state index contributed by atoms with van der Waals surface area (Å²) in [4.78, 5) is 10.6. The lowest BCUT2D eigenvalue weighted by atomic mass is 10.1. The average molecular weight is 338 g/mol. The molecule has 2 heteroatoms. The molecular weight excluding hydrogens is 294 g/mol. The minimum Gasteiger partial charge on any atom is -0.370 e. The van der Waals surface area contributed by atoms with E-state index < -0.39 is 0 Å². The molecule has 0 aliphatic rings. The first-order valence-corrected chi connectivity index (χ1v) is 10.7. The number of carbonyl (C=O) groups is 1. The molecule has 0 aliphatic carbocycles. The summed E-state index contributed by atoms with van der Waals surface area (Å²) in [5, 5.41) is 0. The van der Waals surface area contributed by atoms with Crippen LogP contribution in [0, 0.1) is 0 Å². The normalized spacial score (nSPS) is 11.4. The van der Waals surface area contributed by atoms with Crippen molar-refractivity contribution in [2.75, 3.05) is 0 Å². The second-order valence-electron chi connectivity index (χ2n) is 7.21. The lowest BCUT2D eigenvalue weighted by Crippen LogP contribution is -2.09. The molecule has 2 nitrogen and oxygen atoms in total. The van der Waals surface area contributed by atoms with Crippen LogP contribution >= 0.6 is 0 Å². The van der Waals surface area contributed by atoms with Gasteiger partial charge < -0.3 is 5.73 Å². The highest BCUT2D eigenvalue weighted by molar-refractivity contribution is 5.73. The van der Waals surface area contributed by atoms with Crippen LogP contribution in [-0.4, -0.2) is 5.91 Å². The van der Waals surface area contributed by atoms with E-state index in [1.807, 2.05) is 0 Å². The molecule has 0 bridgehead atoms. The SMILES string of the molecule is CCCCCCCCCC/C=C/CCCCCCCCCC(N)=O. The van der Waals surface area contributed by atoms with E-state index in [1.165, 1.54) is 96.3 Å². The third kappa shape index (κ3) is 21.2. The summed E-state index contributed by atoms with van der Waals surface area (Å²) >= 11 is 0. The van der Waals surface area contributed by atoms with Crippen molar-refractivity contribution in [3.8, 4) is 0 Å². The van der Waals surface area contributed by atoms with Gasteiger partial charge in [0.05, 0.1) is 0 Å². The van der Waals surface area contributed by atoms with Crippen LogP contribution in [0.2, 0.25) is 0 Å². The second-order valence-corrected chi connectivity index (χ2v) is 7.21. The van der Waals surface area contributed by atoms with Crippen LogP contribution in [0.4, 0.5) is 0 Å². The Bertz CT molecular complexity index is 286. The summed E-state index contributed by atoms with van der Waals surface area (Å²) in [6.45, 7) is 2.28. The maximum absolute atomic E-state index is 10.6. The quantitative estimate of drug-likeness (QED) is 0.199. The number of nitrogens with two attached hydrogens (primary N) is 1. The van der Waals surface area contributed by atoms with Gasteiger partial charge in [0.15, 0.2) is 0 Å². The third-order valence-electron chi connectivity index (χ3n) is 4.68. The molecule has 142 valence electrons. The molecule has 0 aliphatic heterocycles. The van der Waals surface area contributed by atoms with Crippen molar-refractivity contribution in [3.05, 3.63) is 12.2 Å². The topological polar surface area (TPSA) is 43.1 Å². The predicted octanol–water partition coefficient (Wildman–Crippen LogP) is 7.07. The summed E-state index contributed by atoms with van der Waals surface area (Å²) < 4.78 is 0. The largest absolute Gasteiger partial charge is 0.370 e. The van der Waals surface area contributed by atoms with E-state index >= 15 is 0 Å². The molecule has 0 saturated carbocycles. The van der Waals surface area contributed by atoms with E-state index in [0.717, 1.165) is 12.8 Å². The smallest absolute Gasteiger partial charge is 0.217 e. The molecule has 0 rings (SSSR count). The molecule has 24 heavy (non-hydrogen) atoms. The molecule has 0 aromatic heterocycles. The Kier molecular flexibility index (Phi) is 19.6. The molecular formula is C22H43NO. The van der Waals surface area contributed by atoms with Crippen molar-refractivity contribution in [2.24, 2.45) is 5.73 Å². The molecule has 0 spiro atoms. The molecule has 0 fully saturated rings. The van der Waals surface area contributed by atoms with Gasteiger partial charge in [0.1, 0.15) is 0 Å². The van der Waals surface area contributed by atoms with Gasteiger partial charge >= 0.3 is 0 Å². The maximum atomic E-state index is 10.6. The summed E-state index contributed by atoms with van der Waals surface area (Å²) in [7, 11) is 0. The molecule has 1 amide bonds. The highest BCUT2D eigenvalue weighted by Gasteiger charge is 1.95. The van der Waals surface area contributed by atoms with E-state index in [1.54, 1.807) is 0 Å². The lowest BCUT2D eigenvalue weighted by Gasteiger charge is -2.01. The molecule has 0 saturated heterocycles. The predicted molar refractivity (Wildman–Crippen MR) is 107 cm³/mol. The molecule has 0 heterocycles. The maximum Gasteiger partial charge on any atom is 0.217 e. The lowest BCUT2D eigenvalue weighted by molar-refractivity contribution is -0.118. The summed E-state index contributed by atoms with van der Waals surface area (Å²) in [6.07, 6.45) is 27.8. The molecule has 0 unspecified atom stereocenters. The van der Waals surface area contributed by atoms with Crippen molar-refractivity contribution in [2.45, 2.75) is 122 Å². The van der Waals surface area contributed by atoms with Gasteiger partial charge in [-0.2, -0.15) is 0 Å². The van der Waals surface area contributed by atoms with Crippen molar-refractivity contribution >= 4 is 5.91 Å². The van der Waals surface area contributed by atoms with E-state index in [2.05, 4.69) is 19.1 Å². The number of hydrogen-bond donors (Lipinski definition) is 1. The Morgan fingerprint density at radius 3 is 1.42 bits per heavy atom. The van der Waals surface area contributed by atoms with Crippen LogP contribution in [0.1, 0.15) is 122 Å². The Morgan fingerprint density at radius 1 is 0.625 bits per heavy atom. The first-order valence-electron chi connectivity index (χ1n) is 10.7. The molecule has 0 atom stereocenters. The number of unbranched alkanes of at least 4 members (excludes halogenated alkanes) is 15. The number of amides is 1. The third-order valence-corrected chi connectivity index (χ3v) is 4.68. The van der Waals surface area contributed by atoms with Gasteiger partial charge in [0, 0.05) is 6.42 Å². The minimum absolute atomic E-state index is 0.159. The number of rotatable bonds is 19. The van der Waals surface area contributed by atoms with Gasteiger partial charge in [-0.1, -0.05) is 96.1 Å². The van der Waals surface area contributed by atoms with Crippen LogP contribution < -0.4 is 5.73 Å². The standard InChI is InChI=1S/C22H43NO/c1-2-3-4-5-6-7-8-9-10-11-12-13-14-15-16-17-18-19-20-21-22(23)24/h11-12H,2-10,13-21H2,1H3,(H2,23,24)/b12-11+. The van der Waals surface area contributed by atoms with Crippen molar-refractivity contribution < 1.29 is 4.79 Å². The van der Waals surface area contributed by atoms with Crippen LogP contribution in [0.5, 0.6) is 0 Å². The highest BCUT2D eigenvalue weighted by Crippen LogP contribution is 2.11. The zero-order valence-corrected chi connectivity index (χ0v) is 16.4. The van der Waals surface area contributed by atoms with Crippen LogP contribution in [0.25, 0.3) is 0 Å². The van der Waals surface area contributed by atoms with Gasteiger partial charge in [-0.25, -0.2) is 0 Å². The van der Waals surface area contributed by atoms with Gasteiger partial charge in [0.2, 0.25) is 5.91 Å². The van der Waals surface area contributed by atoms with Gasteiger partial charge in [-0.15, -0.1) is 0 Å². The van der Waals surface area contributed by atoms with Crippen molar-refractivity contribution in [3.63, 3.8) is 0 Å². The van der Waals surface area contributed by atoms with Crippen molar-refractivity contribution in [1.29, 1.82) is 0 Å². The van der Waals surface area contributed by atoms with E-state index in [4.69, 9.17) is 5.73 Å². The van der Waals surface area contributed by atoms with Crippen molar-refractivity contribution in [1.82, 2.24) is 0 Å². The number of carbonyl (C=O) groups excluding carboxylic acids is 1. The second kappa shape index (κ2) is 20.3. The average Bonchev–Trinajstić information content (AvgIpc) is 2.56. The Morgan fingerprint density at radius 2 is 1.00 bits per heavy atom. The number of hydrogen-bond acceptors (Lipinski definition) is 1. The summed E-state index contributed by atoms with van der Waals surface area (Å²) in [5.41, 5.74) is 5.12. The highest BCUT2D eigenvalue weighted by atomic mass is 16.1. The summed E-state index contributed by atoms with van der Waals surface area (Å²) in [5.74, 6) is -0.159. The van der Waals surface area contributed by atoms with Gasteiger partial charge in [-0.3, -0.25) is 4.79 Å². The first kappa shape index (κ1) is 23.2. The Balaban J connectivity index is 3.07. The fraction of sp³-hybridized carbons (Fsp3) is 0.864. The molecule has 0 aromatic carbocycles. The fourth-order valence-electron chi connectivity index (χ4n) is 3.08. The number of primary amides is 1. The Labute approximate surface area is 151 Å². The minimum atomic E-state index is -0.159. The van der Waals surface area contributed by atoms with Crippen LogP contribution in [0.3, 0.4) is 0 Å². The van der Waals surface area contributed by atoms with Crippen LogP contribution in [-0.2, 0) is 4.79 Å². The number of allylic oxidation sites excluding steroid dienone is 2. The van der Waals surface area contributed by atoms with Crippen LogP contribution in [0.15, 0.2) is 12.2 Å². The molecule has 2 N–H and O–H groups in total. The first-order chi connectivity index (χ1) is 11.8. The molecule has 0 aromatic rings. The monoisotopic (exact) mass is 337 g/mol. The van der Waals surface area contributed by atoms with E-state index in [-0.39, 0.29) is 5.91 Å². The fourth-order valence-corrected chi connectivity index (χ4v) is 3.08. The van der Waals surface area contributed by atoms with Gasteiger partial charge in [0.25, 0.3) is 0 Å². The zero-order valence-electron chi connectivity index (χ0n) is 16.4. The summed E-state index contributed by atoms with van der Waals surface area (Å²) in [6, 6.07) is 0. The van der Waals surface area contributed by atoms with E-state index in [9.17, 15) is 4.79 Å². The zero-order chi connectivity index (χ0) is 17.7. The van der Waals surface area contributed by atoms with E-state index in [0.29, 0.717) is 6.42 Å². The van der Waals surface area contributed by atoms with Gasteiger partial charge in [-0.05, 0) is 32.1 Å². The Hall–Kier alpha value is -0.790. The molecule has 0 radical (unpaired) electrons.